The second-order valence-electron chi connectivity index (χ2n) is 3.80. The lowest BCUT2D eigenvalue weighted by Gasteiger charge is -2.23. The van der Waals surface area contributed by atoms with Gasteiger partial charge in [-0.2, -0.15) is 11.8 Å². The summed E-state index contributed by atoms with van der Waals surface area (Å²) in [6, 6.07) is 0. The summed E-state index contributed by atoms with van der Waals surface area (Å²) in [6.07, 6.45) is 1.60. The molecular weight excluding hydrogens is 246 g/mol. The molecule has 0 aromatic carbocycles. The van der Waals surface area contributed by atoms with Gasteiger partial charge in [-0.15, -0.1) is 0 Å². The van der Waals surface area contributed by atoms with Crippen LogP contribution in [0.4, 0.5) is 0 Å². The Kier molecular flexibility index (Phi) is 2.97. The number of aromatic nitrogens is 2. The summed E-state index contributed by atoms with van der Waals surface area (Å²) in [6.45, 7) is 0. The highest BCUT2D eigenvalue weighted by Gasteiger charge is 2.43. The number of aliphatic carboxylic acids is 1. The van der Waals surface area contributed by atoms with Crippen LogP contribution >= 0.6 is 11.8 Å². The molecule has 92 valence electrons. The van der Waals surface area contributed by atoms with Crippen LogP contribution in [0.1, 0.15) is 16.9 Å². The highest BCUT2D eigenvalue weighted by Crippen LogP contribution is 2.28. The molecule has 1 aromatic rings. The average molecular weight is 257 g/mol. The van der Waals surface area contributed by atoms with Gasteiger partial charge in [0.2, 0.25) is 0 Å². The Balaban J connectivity index is 2.17. The summed E-state index contributed by atoms with van der Waals surface area (Å²) >= 11 is 1.48. The number of imidazole rings is 1. The molecule has 17 heavy (non-hydrogen) atoms. The van der Waals surface area contributed by atoms with Gasteiger partial charge in [0.1, 0.15) is 11.2 Å². The maximum atomic E-state index is 11.7. The molecule has 4 N–H and O–H groups in total. The summed E-state index contributed by atoms with van der Waals surface area (Å²) < 4.78 is 0. The second-order valence-corrected chi connectivity index (χ2v) is 4.91. The lowest BCUT2D eigenvalue weighted by atomic mass is 9.99. The molecule has 2 heterocycles. The van der Waals surface area contributed by atoms with Crippen molar-refractivity contribution >= 4 is 23.6 Å². The predicted octanol–water partition coefficient (Wildman–Crippen LogP) is -0.607. The number of amides is 1. The Morgan fingerprint density at radius 1 is 1.53 bits per heavy atom. The van der Waals surface area contributed by atoms with E-state index in [1.807, 2.05) is 0 Å². The van der Waals surface area contributed by atoms with Crippen LogP contribution in [0, 0.1) is 0 Å². The van der Waals surface area contributed by atoms with Gasteiger partial charge in [-0.05, 0) is 12.2 Å². The highest BCUT2D eigenvalue weighted by molar-refractivity contribution is 7.99. The number of carboxylic acids is 1. The van der Waals surface area contributed by atoms with E-state index in [0.29, 0.717) is 17.9 Å². The first-order valence-corrected chi connectivity index (χ1v) is 6.10. The van der Waals surface area contributed by atoms with E-state index in [2.05, 4.69) is 15.3 Å². The van der Waals surface area contributed by atoms with Crippen LogP contribution in [0.15, 0.2) is 11.0 Å². The average Bonchev–Trinajstić information content (AvgIpc) is 2.87. The van der Waals surface area contributed by atoms with Crippen molar-refractivity contribution < 1.29 is 14.7 Å². The Labute approximate surface area is 100.0 Å². The van der Waals surface area contributed by atoms with Crippen molar-refractivity contribution in [3.05, 3.63) is 22.4 Å². The molecule has 0 saturated carbocycles. The number of hydrogen-bond donors (Lipinski definition) is 4. The number of aromatic amines is 2. The van der Waals surface area contributed by atoms with Crippen molar-refractivity contribution in [3.8, 4) is 0 Å². The van der Waals surface area contributed by atoms with Crippen molar-refractivity contribution in [2.75, 3.05) is 11.5 Å². The molecule has 8 heteroatoms. The van der Waals surface area contributed by atoms with Gasteiger partial charge in [0.05, 0.1) is 0 Å². The van der Waals surface area contributed by atoms with Gasteiger partial charge in [-0.1, -0.05) is 0 Å². The zero-order valence-electron chi connectivity index (χ0n) is 8.78. The number of carbonyl (C=O) groups excluding carboxylic acids is 1. The Hall–Kier alpha value is -1.70. The molecule has 7 nitrogen and oxygen atoms in total. The molecule has 1 aliphatic heterocycles. The third-order valence-corrected chi connectivity index (χ3v) is 3.81. The zero-order valence-corrected chi connectivity index (χ0v) is 9.60. The SMILES string of the molecule is O=C(NC1(C(=O)O)CCSC1)c1c[nH]c(=O)[nH]1. The smallest absolute Gasteiger partial charge is 0.330 e. The normalized spacial score (nSPS) is 23.5. The van der Waals surface area contributed by atoms with E-state index in [1.54, 1.807) is 0 Å². The minimum atomic E-state index is -1.23. The van der Waals surface area contributed by atoms with Crippen LogP contribution in [0.3, 0.4) is 0 Å². The summed E-state index contributed by atoms with van der Waals surface area (Å²) in [5, 5.41) is 11.6. The van der Waals surface area contributed by atoms with Crippen LogP contribution in [0.2, 0.25) is 0 Å². The maximum absolute atomic E-state index is 11.7. The monoisotopic (exact) mass is 257 g/mol. The first-order chi connectivity index (χ1) is 8.03. The fourth-order valence-electron chi connectivity index (χ4n) is 1.62. The zero-order chi connectivity index (χ0) is 12.5. The molecule has 1 atom stereocenters. The van der Waals surface area contributed by atoms with Crippen LogP contribution in [-0.4, -0.2) is 44.0 Å². The third-order valence-electron chi connectivity index (χ3n) is 2.62. The Bertz CT molecular complexity index is 500. The molecule has 1 amide bonds. The lowest BCUT2D eigenvalue weighted by Crippen LogP contribution is -2.54. The molecule has 1 fully saturated rings. The summed E-state index contributed by atoms with van der Waals surface area (Å²) in [5.74, 6) is -0.610. The number of rotatable bonds is 3. The fraction of sp³-hybridized carbons (Fsp3) is 0.444. The van der Waals surface area contributed by atoms with E-state index in [0.717, 1.165) is 0 Å². The molecule has 0 bridgehead atoms. The molecule has 1 aliphatic rings. The number of hydrogen-bond acceptors (Lipinski definition) is 4. The number of H-pyrrole nitrogens is 2. The minimum absolute atomic E-state index is 0.0347. The predicted molar refractivity (Wildman–Crippen MR) is 61.2 cm³/mol. The van der Waals surface area contributed by atoms with Crippen molar-refractivity contribution in [2.45, 2.75) is 12.0 Å². The second kappa shape index (κ2) is 4.28. The first kappa shape index (κ1) is 11.8. The molecule has 1 unspecified atom stereocenters. The number of carbonyl (C=O) groups is 2. The number of carboxylic acid groups (broad SMARTS) is 1. The molecule has 1 aromatic heterocycles. The fourth-order valence-corrected chi connectivity index (χ4v) is 2.95. The van der Waals surface area contributed by atoms with Crippen LogP contribution in [0.5, 0.6) is 0 Å². The third kappa shape index (κ3) is 2.21. The van der Waals surface area contributed by atoms with E-state index >= 15 is 0 Å². The van der Waals surface area contributed by atoms with E-state index < -0.39 is 23.1 Å². The van der Waals surface area contributed by atoms with E-state index in [-0.39, 0.29) is 5.69 Å². The Morgan fingerprint density at radius 3 is 2.76 bits per heavy atom. The van der Waals surface area contributed by atoms with E-state index in [1.165, 1.54) is 18.0 Å². The van der Waals surface area contributed by atoms with Crippen molar-refractivity contribution in [1.29, 1.82) is 0 Å². The van der Waals surface area contributed by atoms with Crippen molar-refractivity contribution in [1.82, 2.24) is 15.3 Å². The maximum Gasteiger partial charge on any atom is 0.330 e. The van der Waals surface area contributed by atoms with Crippen LogP contribution < -0.4 is 11.0 Å². The van der Waals surface area contributed by atoms with Crippen molar-refractivity contribution in [3.63, 3.8) is 0 Å². The van der Waals surface area contributed by atoms with Gasteiger partial charge in [0.25, 0.3) is 5.91 Å². The molecule has 2 rings (SSSR count). The molecule has 1 saturated heterocycles. The number of thioether (sulfide) groups is 1. The topological polar surface area (TPSA) is 115 Å². The van der Waals surface area contributed by atoms with Crippen LogP contribution in [0.25, 0.3) is 0 Å². The minimum Gasteiger partial charge on any atom is -0.479 e. The van der Waals surface area contributed by atoms with E-state index in [4.69, 9.17) is 5.11 Å². The van der Waals surface area contributed by atoms with Gasteiger partial charge in [-0.25, -0.2) is 9.59 Å². The molecule has 0 aliphatic carbocycles. The summed E-state index contributed by atoms with van der Waals surface area (Å²) in [4.78, 5) is 38.3. The van der Waals surface area contributed by atoms with Gasteiger partial charge in [0.15, 0.2) is 0 Å². The van der Waals surface area contributed by atoms with Crippen molar-refractivity contribution in [2.24, 2.45) is 0 Å². The first-order valence-electron chi connectivity index (χ1n) is 4.95. The van der Waals surface area contributed by atoms with Gasteiger partial charge in [0, 0.05) is 11.9 Å². The lowest BCUT2D eigenvalue weighted by molar-refractivity contribution is -0.143. The highest BCUT2D eigenvalue weighted by atomic mass is 32.2. The largest absolute Gasteiger partial charge is 0.479 e. The summed E-state index contributed by atoms with van der Waals surface area (Å²) in [7, 11) is 0. The van der Waals surface area contributed by atoms with Gasteiger partial charge >= 0.3 is 11.7 Å². The van der Waals surface area contributed by atoms with Crippen LogP contribution in [-0.2, 0) is 4.79 Å². The van der Waals surface area contributed by atoms with Gasteiger partial charge in [-0.3, -0.25) is 4.79 Å². The molecular formula is C9H11N3O4S. The quantitative estimate of drug-likeness (QED) is 0.577. The number of nitrogens with one attached hydrogen (secondary N) is 3. The standard InChI is InChI=1S/C9H11N3O4S/c13-6(5-3-10-8(16)11-5)12-9(7(14)15)1-2-17-4-9/h3H,1-2,4H2,(H,12,13)(H,14,15)(H2,10,11,16). The van der Waals surface area contributed by atoms with Gasteiger partial charge < -0.3 is 20.4 Å². The summed E-state index contributed by atoms with van der Waals surface area (Å²) in [5.41, 5.74) is -1.69. The van der Waals surface area contributed by atoms with E-state index in [9.17, 15) is 14.4 Å². The Morgan fingerprint density at radius 2 is 2.29 bits per heavy atom. The molecule has 0 radical (unpaired) electrons. The molecule has 0 spiro atoms.